The molecule has 2 unspecified atom stereocenters. The molecule has 1 aliphatic heterocycles. The number of pyridine rings is 2. The van der Waals surface area contributed by atoms with Gasteiger partial charge < -0.3 is 19.9 Å². The topological polar surface area (TPSA) is 87.5 Å². The van der Waals surface area contributed by atoms with Crippen molar-refractivity contribution < 1.29 is 14.3 Å². The minimum absolute atomic E-state index is 0.0637. The average Bonchev–Trinajstić information content (AvgIpc) is 2.68. The lowest BCUT2D eigenvalue weighted by atomic mass is 10.1. The molecule has 29 heavy (non-hydrogen) atoms. The summed E-state index contributed by atoms with van der Waals surface area (Å²) in [5, 5.41) is 12.8. The molecule has 0 aliphatic carbocycles. The Morgan fingerprint density at radius 2 is 1.86 bits per heavy atom. The normalized spacial score (nSPS) is 19.5. The van der Waals surface area contributed by atoms with Crippen molar-refractivity contribution in [2.75, 3.05) is 18.0 Å². The third-order valence-corrected chi connectivity index (χ3v) is 5.03. The Hall–Kier alpha value is -3.26. The molecular weight excluding hydrogens is 375 g/mol. The third kappa shape index (κ3) is 3.47. The van der Waals surface area contributed by atoms with Gasteiger partial charge in [-0.2, -0.15) is 0 Å². The summed E-state index contributed by atoms with van der Waals surface area (Å²) in [5.41, 5.74) is -0.326. The highest BCUT2D eigenvalue weighted by molar-refractivity contribution is 5.92. The van der Waals surface area contributed by atoms with Gasteiger partial charge in [-0.25, -0.2) is 14.2 Å². The molecule has 3 heterocycles. The lowest BCUT2D eigenvalue weighted by Gasteiger charge is -2.37. The van der Waals surface area contributed by atoms with E-state index in [0.717, 1.165) is 6.07 Å². The van der Waals surface area contributed by atoms with Crippen molar-refractivity contribution in [2.24, 2.45) is 0 Å². The Morgan fingerprint density at radius 3 is 2.48 bits per heavy atom. The quantitative estimate of drug-likeness (QED) is 0.707. The Balaban J connectivity index is 1.99. The number of benzene rings is 1. The van der Waals surface area contributed by atoms with Gasteiger partial charge in [0.1, 0.15) is 5.56 Å². The van der Waals surface area contributed by atoms with Gasteiger partial charge in [0.2, 0.25) is 5.43 Å². The number of carbonyl (C=O) groups is 1. The summed E-state index contributed by atoms with van der Waals surface area (Å²) in [4.78, 5) is 30.6. The van der Waals surface area contributed by atoms with Crippen molar-refractivity contribution in [2.45, 2.75) is 25.9 Å². The van der Waals surface area contributed by atoms with E-state index in [1.165, 1.54) is 10.8 Å². The predicted octanol–water partition coefficient (Wildman–Crippen LogP) is 2.41. The number of nitrogens with zero attached hydrogens (tertiary/aromatic N) is 3. The van der Waals surface area contributed by atoms with Gasteiger partial charge in [0.05, 0.1) is 5.39 Å². The molecule has 150 valence electrons. The summed E-state index contributed by atoms with van der Waals surface area (Å²) in [6, 6.07) is 10.4. The molecule has 2 aromatic heterocycles. The Labute approximate surface area is 166 Å². The number of aromatic carboxylic acids is 1. The SMILES string of the molecule is CC1CN(c2nc3c(cc2F)c(=O)c(C(=O)O)cn3-c2ccccc2)CC(C)N1. The summed E-state index contributed by atoms with van der Waals surface area (Å²) >= 11 is 0. The van der Waals surface area contributed by atoms with Gasteiger partial charge in [0, 0.05) is 37.1 Å². The van der Waals surface area contributed by atoms with E-state index >= 15 is 0 Å². The van der Waals surface area contributed by atoms with E-state index in [1.54, 1.807) is 24.3 Å². The number of piperazine rings is 1. The highest BCUT2D eigenvalue weighted by Crippen LogP contribution is 2.25. The van der Waals surface area contributed by atoms with Gasteiger partial charge in [-0.05, 0) is 32.0 Å². The van der Waals surface area contributed by atoms with Crippen LogP contribution in [-0.4, -0.2) is 45.8 Å². The summed E-state index contributed by atoms with van der Waals surface area (Å²) in [7, 11) is 0. The Morgan fingerprint density at radius 1 is 1.21 bits per heavy atom. The summed E-state index contributed by atoms with van der Waals surface area (Å²) < 4.78 is 16.5. The van der Waals surface area contributed by atoms with Gasteiger partial charge in [-0.3, -0.25) is 4.79 Å². The van der Waals surface area contributed by atoms with E-state index in [2.05, 4.69) is 10.3 Å². The lowest BCUT2D eigenvalue weighted by Crippen LogP contribution is -2.54. The van der Waals surface area contributed by atoms with E-state index < -0.39 is 22.8 Å². The van der Waals surface area contributed by atoms with E-state index in [4.69, 9.17) is 0 Å². The number of rotatable bonds is 3. The second kappa shape index (κ2) is 7.29. The monoisotopic (exact) mass is 396 g/mol. The highest BCUT2D eigenvalue weighted by atomic mass is 19.1. The van der Waals surface area contributed by atoms with Gasteiger partial charge in [0.25, 0.3) is 0 Å². The van der Waals surface area contributed by atoms with Crippen molar-refractivity contribution in [1.82, 2.24) is 14.9 Å². The molecule has 1 aromatic carbocycles. The summed E-state index contributed by atoms with van der Waals surface area (Å²) in [6.07, 6.45) is 1.25. The predicted molar refractivity (Wildman–Crippen MR) is 109 cm³/mol. The number of fused-ring (bicyclic) bond motifs is 1. The standard InChI is InChI=1S/C21H21FN4O3/c1-12-9-25(10-13(2)23-12)20-17(22)8-15-18(27)16(21(28)29)11-26(19(15)24-20)14-6-4-3-5-7-14/h3-8,11-13,23H,9-10H2,1-2H3,(H,28,29). The maximum Gasteiger partial charge on any atom is 0.341 e. The third-order valence-electron chi connectivity index (χ3n) is 5.03. The smallest absolute Gasteiger partial charge is 0.341 e. The molecule has 3 aromatic rings. The molecule has 0 amide bonds. The van der Waals surface area contributed by atoms with Crippen LogP contribution in [0, 0.1) is 5.82 Å². The fourth-order valence-corrected chi connectivity index (χ4v) is 3.87. The lowest BCUT2D eigenvalue weighted by molar-refractivity contribution is 0.0695. The number of carboxylic acid groups (broad SMARTS) is 1. The van der Waals surface area contributed by atoms with E-state index in [0.29, 0.717) is 18.8 Å². The molecule has 1 fully saturated rings. The van der Waals surface area contributed by atoms with Crippen LogP contribution in [0.1, 0.15) is 24.2 Å². The molecule has 7 nitrogen and oxygen atoms in total. The number of nitrogens with one attached hydrogen (secondary N) is 1. The van der Waals surface area contributed by atoms with Crippen LogP contribution in [0.3, 0.4) is 0 Å². The van der Waals surface area contributed by atoms with Crippen LogP contribution in [0.2, 0.25) is 0 Å². The van der Waals surface area contributed by atoms with E-state index in [1.807, 2.05) is 24.8 Å². The molecule has 0 radical (unpaired) electrons. The fourth-order valence-electron chi connectivity index (χ4n) is 3.87. The van der Waals surface area contributed by atoms with Crippen LogP contribution in [0.5, 0.6) is 0 Å². The molecule has 1 saturated heterocycles. The molecule has 4 rings (SSSR count). The highest BCUT2D eigenvalue weighted by Gasteiger charge is 2.26. The zero-order valence-corrected chi connectivity index (χ0v) is 16.1. The number of hydrogen-bond donors (Lipinski definition) is 2. The number of para-hydroxylation sites is 1. The molecular formula is C21H21FN4O3. The van der Waals surface area contributed by atoms with Crippen LogP contribution in [0.15, 0.2) is 47.4 Å². The van der Waals surface area contributed by atoms with Crippen molar-refractivity contribution in [3.8, 4) is 5.69 Å². The molecule has 0 bridgehead atoms. The van der Waals surface area contributed by atoms with Crippen molar-refractivity contribution in [3.63, 3.8) is 0 Å². The van der Waals surface area contributed by atoms with Crippen LogP contribution >= 0.6 is 0 Å². The maximum atomic E-state index is 15.0. The zero-order chi connectivity index (χ0) is 20.7. The first-order valence-corrected chi connectivity index (χ1v) is 9.40. The van der Waals surface area contributed by atoms with Crippen molar-refractivity contribution >= 4 is 22.8 Å². The number of hydrogen-bond acceptors (Lipinski definition) is 5. The minimum Gasteiger partial charge on any atom is -0.477 e. The van der Waals surface area contributed by atoms with Gasteiger partial charge in [-0.15, -0.1) is 0 Å². The zero-order valence-electron chi connectivity index (χ0n) is 16.1. The largest absolute Gasteiger partial charge is 0.477 e. The van der Waals surface area contributed by atoms with Crippen LogP contribution in [-0.2, 0) is 0 Å². The Bertz CT molecular complexity index is 1140. The summed E-state index contributed by atoms with van der Waals surface area (Å²) in [6.45, 7) is 5.17. The van der Waals surface area contributed by atoms with E-state index in [-0.39, 0.29) is 28.9 Å². The van der Waals surface area contributed by atoms with Gasteiger partial charge in [-0.1, -0.05) is 18.2 Å². The first kappa shape index (κ1) is 19.1. The van der Waals surface area contributed by atoms with Gasteiger partial charge in [0.15, 0.2) is 17.3 Å². The second-order valence-corrected chi connectivity index (χ2v) is 7.42. The Kier molecular flexibility index (Phi) is 4.79. The average molecular weight is 396 g/mol. The van der Waals surface area contributed by atoms with Crippen molar-refractivity contribution in [3.05, 3.63) is 64.2 Å². The molecule has 2 N–H and O–H groups in total. The second-order valence-electron chi connectivity index (χ2n) is 7.42. The fraction of sp³-hybridized carbons (Fsp3) is 0.286. The molecule has 2 atom stereocenters. The number of halogens is 1. The van der Waals surface area contributed by atoms with Crippen molar-refractivity contribution in [1.29, 1.82) is 0 Å². The first-order chi connectivity index (χ1) is 13.8. The maximum absolute atomic E-state index is 15.0. The first-order valence-electron chi connectivity index (χ1n) is 9.40. The van der Waals surface area contributed by atoms with Gasteiger partial charge >= 0.3 is 5.97 Å². The molecule has 8 heteroatoms. The molecule has 1 aliphatic rings. The van der Waals surface area contributed by atoms with Crippen LogP contribution in [0.4, 0.5) is 10.2 Å². The van der Waals surface area contributed by atoms with Crippen LogP contribution in [0.25, 0.3) is 16.7 Å². The number of aromatic nitrogens is 2. The van der Waals surface area contributed by atoms with E-state index in [9.17, 15) is 19.1 Å². The van der Waals surface area contributed by atoms with Crippen LogP contribution < -0.4 is 15.6 Å². The molecule has 0 saturated carbocycles. The molecule has 0 spiro atoms. The number of carboxylic acids is 1. The summed E-state index contributed by atoms with van der Waals surface area (Å²) in [5.74, 6) is -1.85. The number of anilines is 1. The minimum atomic E-state index is -1.36.